The lowest BCUT2D eigenvalue weighted by Crippen LogP contribution is -2.20. The first-order chi connectivity index (χ1) is 28.2. The normalized spacial score (nSPS) is 12.2. The van der Waals surface area contributed by atoms with Crippen LogP contribution in [0.4, 0.5) is 0 Å². The quantitative estimate of drug-likeness (QED) is 0.0344. The van der Waals surface area contributed by atoms with Crippen molar-refractivity contribution in [3.8, 4) is 0 Å². The van der Waals surface area contributed by atoms with Crippen LogP contribution in [-0.2, 0) is 28.6 Å². The molecule has 0 fully saturated rings. The van der Waals surface area contributed by atoms with Gasteiger partial charge >= 0.3 is 17.9 Å². The Bertz CT molecular complexity index is 889. The van der Waals surface area contributed by atoms with E-state index in [1.807, 2.05) is 14.1 Å². The summed E-state index contributed by atoms with van der Waals surface area (Å²) in [5, 5.41) is 0. The van der Waals surface area contributed by atoms with Crippen LogP contribution in [0.5, 0.6) is 0 Å². The molecule has 344 valence electrons. The number of hydrogen-bond acceptors (Lipinski definition) is 7. The SMILES string of the molecule is CCCCCC(CCCCC)CC(=O)OCCCCCCCCCCC(CCCCCCCCOC(=O)CC(CCCCC)CCCCC)OC(=O)CCCN(C)C. The third kappa shape index (κ3) is 39.8. The van der Waals surface area contributed by atoms with Gasteiger partial charge in [-0.25, -0.2) is 0 Å². The highest BCUT2D eigenvalue weighted by Gasteiger charge is 2.17. The summed E-state index contributed by atoms with van der Waals surface area (Å²) in [6.45, 7) is 11.0. The van der Waals surface area contributed by atoms with Crippen LogP contribution in [-0.4, -0.2) is 62.8 Å². The molecule has 1 atom stereocenters. The second kappa shape index (κ2) is 43.5. The van der Waals surface area contributed by atoms with Gasteiger partial charge < -0.3 is 19.1 Å². The van der Waals surface area contributed by atoms with Crippen molar-refractivity contribution in [2.45, 2.75) is 265 Å². The second-order valence-electron chi connectivity index (χ2n) is 18.1. The van der Waals surface area contributed by atoms with Gasteiger partial charge in [-0.05, 0) is 103 Å². The topological polar surface area (TPSA) is 82.1 Å². The Morgan fingerprint density at radius 1 is 0.397 bits per heavy atom. The minimum atomic E-state index is -0.0425. The molecular weight excluding hydrogens is 723 g/mol. The number of hydrogen-bond donors (Lipinski definition) is 0. The van der Waals surface area contributed by atoms with Crippen LogP contribution in [0, 0.1) is 11.8 Å². The van der Waals surface area contributed by atoms with E-state index in [4.69, 9.17) is 14.2 Å². The second-order valence-corrected chi connectivity index (χ2v) is 18.1. The third-order valence-corrected chi connectivity index (χ3v) is 11.9. The Kier molecular flexibility index (Phi) is 42.2. The highest BCUT2D eigenvalue weighted by atomic mass is 16.5. The molecule has 0 aliphatic rings. The van der Waals surface area contributed by atoms with Crippen molar-refractivity contribution in [3.05, 3.63) is 0 Å². The number of rotatable bonds is 45. The van der Waals surface area contributed by atoms with Gasteiger partial charge in [-0.2, -0.15) is 0 Å². The number of esters is 3. The van der Waals surface area contributed by atoms with E-state index in [0.29, 0.717) is 44.3 Å². The molecule has 0 heterocycles. The van der Waals surface area contributed by atoms with E-state index in [0.717, 1.165) is 103 Å². The van der Waals surface area contributed by atoms with Gasteiger partial charge in [0.15, 0.2) is 0 Å². The Labute approximate surface area is 361 Å². The minimum Gasteiger partial charge on any atom is -0.466 e. The fraction of sp³-hybridized carbons (Fsp3) is 0.941. The first kappa shape index (κ1) is 56.4. The van der Waals surface area contributed by atoms with Crippen LogP contribution in [0.1, 0.15) is 259 Å². The molecule has 0 amide bonds. The van der Waals surface area contributed by atoms with Crippen molar-refractivity contribution in [1.29, 1.82) is 0 Å². The first-order valence-corrected chi connectivity index (χ1v) is 25.4. The molecule has 0 radical (unpaired) electrons. The molecule has 7 nitrogen and oxygen atoms in total. The summed E-state index contributed by atoms with van der Waals surface area (Å²) >= 11 is 0. The summed E-state index contributed by atoms with van der Waals surface area (Å²) < 4.78 is 17.3. The molecule has 7 heteroatoms. The zero-order chi connectivity index (χ0) is 42.7. The lowest BCUT2D eigenvalue weighted by Gasteiger charge is -2.18. The van der Waals surface area contributed by atoms with Crippen LogP contribution in [0.15, 0.2) is 0 Å². The molecule has 0 saturated heterocycles. The zero-order valence-electron chi connectivity index (χ0n) is 39.7. The molecule has 0 aromatic heterocycles. The van der Waals surface area contributed by atoms with Gasteiger partial charge in [0.25, 0.3) is 0 Å². The van der Waals surface area contributed by atoms with E-state index < -0.39 is 0 Å². The summed E-state index contributed by atoms with van der Waals surface area (Å²) in [5.74, 6) is 0.952. The van der Waals surface area contributed by atoms with E-state index in [9.17, 15) is 14.4 Å². The summed E-state index contributed by atoms with van der Waals surface area (Å²) in [5.41, 5.74) is 0. The van der Waals surface area contributed by atoms with Gasteiger partial charge in [-0.1, -0.05) is 169 Å². The molecule has 0 aliphatic heterocycles. The Morgan fingerprint density at radius 3 is 1.07 bits per heavy atom. The molecule has 0 spiro atoms. The maximum absolute atomic E-state index is 12.7. The van der Waals surface area contributed by atoms with Crippen molar-refractivity contribution >= 4 is 17.9 Å². The third-order valence-electron chi connectivity index (χ3n) is 11.9. The zero-order valence-corrected chi connectivity index (χ0v) is 39.7. The van der Waals surface area contributed by atoms with Crippen molar-refractivity contribution in [1.82, 2.24) is 4.90 Å². The average Bonchev–Trinajstić information content (AvgIpc) is 3.19. The van der Waals surface area contributed by atoms with Crippen LogP contribution in [0.25, 0.3) is 0 Å². The molecule has 0 rings (SSSR count). The summed E-state index contributed by atoms with van der Waals surface area (Å²) in [6, 6.07) is 0. The number of carbonyl (C=O) groups is 3. The molecular formula is C51H99NO6. The summed E-state index contributed by atoms with van der Waals surface area (Å²) in [7, 11) is 4.08. The fourth-order valence-electron chi connectivity index (χ4n) is 8.15. The number of carbonyl (C=O) groups excluding carboxylic acids is 3. The van der Waals surface area contributed by atoms with Crippen LogP contribution in [0.2, 0.25) is 0 Å². The molecule has 1 unspecified atom stereocenters. The molecule has 0 aromatic carbocycles. The predicted octanol–water partition coefficient (Wildman–Crippen LogP) is 14.9. The molecule has 58 heavy (non-hydrogen) atoms. The Morgan fingerprint density at radius 2 is 0.724 bits per heavy atom. The number of nitrogens with zero attached hydrogens (tertiary/aromatic N) is 1. The van der Waals surface area contributed by atoms with Crippen LogP contribution in [0.3, 0.4) is 0 Å². The number of ether oxygens (including phenoxy) is 3. The van der Waals surface area contributed by atoms with Gasteiger partial charge in [-0.3, -0.25) is 14.4 Å². The van der Waals surface area contributed by atoms with Gasteiger partial charge in [0.2, 0.25) is 0 Å². The first-order valence-electron chi connectivity index (χ1n) is 25.4. The maximum Gasteiger partial charge on any atom is 0.306 e. The van der Waals surface area contributed by atoms with Gasteiger partial charge in [0.05, 0.1) is 13.2 Å². The lowest BCUT2D eigenvalue weighted by molar-refractivity contribution is -0.150. The van der Waals surface area contributed by atoms with E-state index in [-0.39, 0.29) is 24.0 Å². The van der Waals surface area contributed by atoms with Crippen molar-refractivity contribution in [2.24, 2.45) is 11.8 Å². The smallest absolute Gasteiger partial charge is 0.306 e. The fourth-order valence-corrected chi connectivity index (χ4v) is 8.15. The highest BCUT2D eigenvalue weighted by molar-refractivity contribution is 5.70. The Balaban J connectivity index is 4.25. The van der Waals surface area contributed by atoms with Gasteiger partial charge in [-0.15, -0.1) is 0 Å². The minimum absolute atomic E-state index is 0.000860. The number of unbranched alkanes of at least 4 members (excludes halogenated alkanes) is 20. The molecule has 0 N–H and O–H groups in total. The maximum atomic E-state index is 12.7. The largest absolute Gasteiger partial charge is 0.466 e. The average molecular weight is 822 g/mol. The van der Waals surface area contributed by atoms with Crippen molar-refractivity contribution in [2.75, 3.05) is 33.9 Å². The van der Waals surface area contributed by atoms with Crippen LogP contribution >= 0.6 is 0 Å². The van der Waals surface area contributed by atoms with Crippen LogP contribution < -0.4 is 0 Å². The molecule has 0 aromatic rings. The van der Waals surface area contributed by atoms with E-state index >= 15 is 0 Å². The monoisotopic (exact) mass is 822 g/mol. The van der Waals surface area contributed by atoms with Crippen molar-refractivity contribution < 1.29 is 28.6 Å². The Hall–Kier alpha value is -1.63. The van der Waals surface area contributed by atoms with E-state index in [2.05, 4.69) is 32.6 Å². The molecule has 0 aliphatic carbocycles. The highest BCUT2D eigenvalue weighted by Crippen LogP contribution is 2.24. The molecule has 0 saturated carbocycles. The standard InChI is InChI=1S/C51H99NO6/c1-7-11-25-34-46(35-26-12-8-2)44-50(54)56-42-31-23-19-16-15-17-21-29-38-48(58-49(53)40-33-41-52(5)6)39-30-22-18-20-24-32-43-57-51(55)45-47(36-27-13-9-3)37-28-14-10-4/h46-48H,7-45H2,1-6H3. The van der Waals surface area contributed by atoms with Gasteiger partial charge in [0.1, 0.15) is 6.10 Å². The summed E-state index contributed by atoms with van der Waals surface area (Å²) in [4.78, 5) is 39.8. The lowest BCUT2D eigenvalue weighted by atomic mass is 9.92. The van der Waals surface area contributed by atoms with Crippen molar-refractivity contribution in [3.63, 3.8) is 0 Å². The van der Waals surface area contributed by atoms with Gasteiger partial charge in [0, 0.05) is 19.3 Å². The van der Waals surface area contributed by atoms with E-state index in [1.165, 1.54) is 116 Å². The molecule has 0 bridgehead atoms. The predicted molar refractivity (Wildman–Crippen MR) is 246 cm³/mol. The van der Waals surface area contributed by atoms with E-state index in [1.54, 1.807) is 0 Å². The summed E-state index contributed by atoms with van der Waals surface area (Å²) in [6.07, 6.45) is 39.9.